The van der Waals surface area contributed by atoms with E-state index < -0.39 is 5.82 Å². The summed E-state index contributed by atoms with van der Waals surface area (Å²) < 4.78 is 15.9. The Morgan fingerprint density at radius 3 is 2.70 bits per heavy atom. The van der Waals surface area contributed by atoms with Crippen LogP contribution in [0.5, 0.6) is 0 Å². The van der Waals surface area contributed by atoms with Gasteiger partial charge in [-0.2, -0.15) is 0 Å². The molecule has 1 saturated heterocycles. The second-order valence-electron chi connectivity index (χ2n) is 7.27. The van der Waals surface area contributed by atoms with Crippen LogP contribution in [0.25, 0.3) is 16.7 Å². The van der Waals surface area contributed by atoms with Gasteiger partial charge in [0.2, 0.25) is 0 Å². The number of nitrogens with zero attached hydrogens (tertiary/aromatic N) is 5. The Labute approximate surface area is 171 Å². The van der Waals surface area contributed by atoms with E-state index in [0.29, 0.717) is 28.0 Å². The number of rotatable bonds is 3. The van der Waals surface area contributed by atoms with Crippen LogP contribution in [0.1, 0.15) is 16.1 Å². The highest BCUT2D eigenvalue weighted by atomic mass is 19.1. The molecular weight excluding hydrogens is 385 g/mol. The topological polar surface area (TPSA) is 87.5 Å². The Kier molecular flexibility index (Phi) is 4.51. The molecule has 1 aliphatic heterocycles. The Bertz CT molecular complexity index is 1260. The lowest BCUT2D eigenvalue weighted by atomic mass is 10.1. The van der Waals surface area contributed by atoms with Gasteiger partial charge in [0.25, 0.3) is 5.91 Å². The van der Waals surface area contributed by atoms with E-state index in [4.69, 9.17) is 0 Å². The number of anilines is 2. The maximum absolute atomic E-state index is 14.4. The van der Waals surface area contributed by atoms with E-state index in [1.165, 1.54) is 6.07 Å². The van der Waals surface area contributed by atoms with Crippen molar-refractivity contribution in [2.45, 2.75) is 6.92 Å². The first-order valence-electron chi connectivity index (χ1n) is 9.76. The standard InChI is InChI=1S/C21H20FN7O/c1-13-11-29-12-14(10-16(22)20(29)26-13)27-21(30)15-2-3-17(28-8-6-23-7-9-28)19-18(15)24-4-5-25-19/h2-5,10-12,23H,6-9H2,1H3,(H,27,30). The van der Waals surface area contributed by atoms with Crippen LogP contribution in [-0.2, 0) is 0 Å². The fourth-order valence-electron chi connectivity index (χ4n) is 3.83. The lowest BCUT2D eigenvalue weighted by Gasteiger charge is -2.30. The van der Waals surface area contributed by atoms with Gasteiger partial charge in [0.05, 0.1) is 22.6 Å². The molecule has 0 unspecified atom stereocenters. The van der Waals surface area contributed by atoms with Gasteiger partial charge in [-0.3, -0.25) is 14.8 Å². The van der Waals surface area contributed by atoms with Crippen LogP contribution < -0.4 is 15.5 Å². The van der Waals surface area contributed by atoms with Gasteiger partial charge in [-0.05, 0) is 19.1 Å². The molecule has 1 aromatic carbocycles. The third kappa shape index (κ3) is 3.22. The van der Waals surface area contributed by atoms with Gasteiger partial charge in [0, 0.05) is 57.0 Å². The maximum Gasteiger partial charge on any atom is 0.257 e. The molecule has 30 heavy (non-hydrogen) atoms. The monoisotopic (exact) mass is 405 g/mol. The minimum atomic E-state index is -0.500. The SMILES string of the molecule is Cc1cn2cc(NC(=O)c3ccc(N4CCNCC4)c4nccnc34)cc(F)c2n1. The van der Waals surface area contributed by atoms with E-state index >= 15 is 0 Å². The highest BCUT2D eigenvalue weighted by Crippen LogP contribution is 2.27. The number of carbonyl (C=O) groups is 1. The number of aromatic nitrogens is 4. The van der Waals surface area contributed by atoms with Crippen molar-refractivity contribution >= 4 is 34.0 Å². The summed E-state index contributed by atoms with van der Waals surface area (Å²) in [6.45, 7) is 5.30. The van der Waals surface area contributed by atoms with Gasteiger partial charge in [-0.25, -0.2) is 9.37 Å². The number of fused-ring (bicyclic) bond motifs is 2. The summed E-state index contributed by atoms with van der Waals surface area (Å²) in [6, 6.07) is 4.92. The van der Waals surface area contributed by atoms with Gasteiger partial charge >= 0.3 is 0 Å². The summed E-state index contributed by atoms with van der Waals surface area (Å²) >= 11 is 0. The first-order valence-corrected chi connectivity index (χ1v) is 9.76. The summed E-state index contributed by atoms with van der Waals surface area (Å²) in [4.78, 5) is 28.3. The first kappa shape index (κ1) is 18.4. The molecule has 0 radical (unpaired) electrons. The van der Waals surface area contributed by atoms with Crippen LogP contribution in [0, 0.1) is 12.7 Å². The Hall–Kier alpha value is -3.59. The number of amides is 1. The third-order valence-corrected chi connectivity index (χ3v) is 5.19. The van der Waals surface area contributed by atoms with Crippen molar-refractivity contribution in [1.29, 1.82) is 0 Å². The summed E-state index contributed by atoms with van der Waals surface area (Å²) in [5.41, 5.74) is 3.80. The number of aryl methyl sites for hydroxylation is 1. The zero-order chi connectivity index (χ0) is 20.7. The van der Waals surface area contributed by atoms with E-state index in [2.05, 4.69) is 30.5 Å². The molecule has 0 spiro atoms. The molecule has 8 nitrogen and oxygen atoms in total. The highest BCUT2D eigenvalue weighted by molar-refractivity contribution is 6.13. The van der Waals surface area contributed by atoms with Crippen LogP contribution >= 0.6 is 0 Å². The quantitative estimate of drug-likeness (QED) is 0.544. The zero-order valence-corrected chi connectivity index (χ0v) is 16.4. The molecule has 0 saturated carbocycles. The van der Waals surface area contributed by atoms with Gasteiger partial charge in [0.1, 0.15) is 11.0 Å². The van der Waals surface area contributed by atoms with Crippen LogP contribution in [0.15, 0.2) is 43.0 Å². The summed E-state index contributed by atoms with van der Waals surface area (Å²) in [5.74, 6) is -0.873. The number of hydrogen-bond acceptors (Lipinski definition) is 6. The van der Waals surface area contributed by atoms with Crippen molar-refractivity contribution in [2.75, 3.05) is 36.4 Å². The van der Waals surface area contributed by atoms with E-state index in [9.17, 15) is 9.18 Å². The molecule has 0 atom stereocenters. The van der Waals surface area contributed by atoms with Crippen molar-refractivity contribution in [1.82, 2.24) is 24.7 Å². The molecule has 3 aromatic heterocycles. The van der Waals surface area contributed by atoms with Crippen molar-refractivity contribution < 1.29 is 9.18 Å². The number of imidazole rings is 1. The number of hydrogen-bond donors (Lipinski definition) is 2. The van der Waals surface area contributed by atoms with E-state index in [0.717, 1.165) is 31.9 Å². The van der Waals surface area contributed by atoms with Crippen LogP contribution in [0.3, 0.4) is 0 Å². The number of piperazine rings is 1. The molecule has 9 heteroatoms. The second-order valence-corrected chi connectivity index (χ2v) is 7.27. The highest BCUT2D eigenvalue weighted by Gasteiger charge is 2.19. The zero-order valence-electron chi connectivity index (χ0n) is 16.4. The third-order valence-electron chi connectivity index (χ3n) is 5.19. The van der Waals surface area contributed by atoms with Crippen LogP contribution in [0.4, 0.5) is 15.8 Å². The molecule has 1 fully saturated rings. The molecule has 4 heterocycles. The Morgan fingerprint density at radius 2 is 1.90 bits per heavy atom. The van der Waals surface area contributed by atoms with Crippen molar-refractivity contribution in [3.8, 4) is 0 Å². The van der Waals surface area contributed by atoms with E-state index in [-0.39, 0.29) is 11.6 Å². The number of pyridine rings is 1. The minimum absolute atomic E-state index is 0.224. The average Bonchev–Trinajstić information content (AvgIpc) is 3.14. The predicted octanol–water partition coefficient (Wildman–Crippen LogP) is 2.39. The normalized spacial score (nSPS) is 14.4. The fraction of sp³-hybridized carbons (Fsp3) is 0.238. The fourth-order valence-corrected chi connectivity index (χ4v) is 3.83. The summed E-state index contributed by atoms with van der Waals surface area (Å²) in [5, 5.41) is 6.10. The molecule has 0 bridgehead atoms. The Balaban J connectivity index is 1.51. The summed E-state index contributed by atoms with van der Waals surface area (Å²) in [7, 11) is 0. The molecule has 152 valence electrons. The van der Waals surface area contributed by atoms with Gasteiger partial charge in [-0.15, -0.1) is 0 Å². The Morgan fingerprint density at radius 1 is 1.13 bits per heavy atom. The second kappa shape index (κ2) is 7.34. The van der Waals surface area contributed by atoms with Gasteiger partial charge in [0.15, 0.2) is 11.5 Å². The molecule has 1 amide bonds. The van der Waals surface area contributed by atoms with Crippen molar-refractivity contribution in [3.05, 3.63) is 60.1 Å². The minimum Gasteiger partial charge on any atom is -0.367 e. The number of halogens is 1. The number of nitrogens with one attached hydrogen (secondary N) is 2. The van der Waals surface area contributed by atoms with E-state index in [1.54, 1.807) is 42.2 Å². The first-order chi connectivity index (χ1) is 14.6. The smallest absolute Gasteiger partial charge is 0.257 e. The van der Waals surface area contributed by atoms with Gasteiger partial charge in [-0.1, -0.05) is 0 Å². The largest absolute Gasteiger partial charge is 0.367 e. The summed E-state index contributed by atoms with van der Waals surface area (Å²) in [6.07, 6.45) is 6.54. The molecule has 1 aliphatic rings. The molecule has 2 N–H and O–H groups in total. The number of carbonyl (C=O) groups excluding carboxylic acids is 1. The lowest BCUT2D eigenvalue weighted by molar-refractivity contribution is 0.102. The predicted molar refractivity (Wildman–Crippen MR) is 112 cm³/mol. The van der Waals surface area contributed by atoms with Gasteiger partial charge < -0.3 is 19.9 Å². The number of benzene rings is 1. The molecule has 0 aliphatic carbocycles. The van der Waals surface area contributed by atoms with Crippen LogP contribution in [-0.4, -0.2) is 51.4 Å². The van der Waals surface area contributed by atoms with Crippen molar-refractivity contribution in [3.63, 3.8) is 0 Å². The molecule has 5 rings (SSSR count). The molecular formula is C21H20FN7O. The average molecular weight is 405 g/mol. The lowest BCUT2D eigenvalue weighted by Crippen LogP contribution is -2.43. The maximum atomic E-state index is 14.4. The van der Waals surface area contributed by atoms with Crippen LogP contribution in [0.2, 0.25) is 0 Å². The van der Waals surface area contributed by atoms with E-state index in [1.807, 2.05) is 6.07 Å². The van der Waals surface area contributed by atoms with Crippen molar-refractivity contribution in [2.24, 2.45) is 0 Å². The molecule has 4 aromatic rings.